The fraction of sp³-hybridized carbons (Fsp3) is 0.133. The summed E-state index contributed by atoms with van der Waals surface area (Å²) >= 11 is 0. The Balaban J connectivity index is 2.44. The summed E-state index contributed by atoms with van der Waals surface area (Å²) in [5, 5.41) is 20.5. The highest BCUT2D eigenvalue weighted by Gasteiger charge is 2.17. The molecule has 0 aliphatic rings. The van der Waals surface area contributed by atoms with Gasteiger partial charge in [0.05, 0.1) is 24.0 Å². The molecule has 0 fully saturated rings. The molecule has 2 aromatic rings. The van der Waals surface area contributed by atoms with Gasteiger partial charge in [-0.05, 0) is 29.3 Å². The number of esters is 1. The molecule has 21 heavy (non-hydrogen) atoms. The highest BCUT2D eigenvalue weighted by atomic mass is 16.6. The van der Waals surface area contributed by atoms with Gasteiger partial charge >= 0.3 is 5.97 Å². The quantitative estimate of drug-likeness (QED) is 0.530. The predicted octanol–water partition coefficient (Wildman–Crippen LogP) is 2.68. The van der Waals surface area contributed by atoms with Crippen molar-refractivity contribution in [2.75, 3.05) is 7.11 Å². The lowest BCUT2D eigenvalue weighted by Crippen LogP contribution is -2.05. The maximum Gasteiger partial charge on any atom is 0.309 e. The molecule has 2 rings (SSSR count). The molecule has 0 amide bonds. The number of phenolic OH excluding ortho intramolecular Hbond substituents is 1. The summed E-state index contributed by atoms with van der Waals surface area (Å²) in [5.41, 5.74) is 1.45. The molecule has 0 atom stereocenters. The summed E-state index contributed by atoms with van der Waals surface area (Å²) in [6, 6.07) is 10.7. The molecule has 6 nitrogen and oxygen atoms in total. The second-order valence-electron chi connectivity index (χ2n) is 4.41. The maximum absolute atomic E-state index is 11.2. The van der Waals surface area contributed by atoms with Crippen LogP contribution in [0.15, 0.2) is 42.5 Å². The minimum atomic E-state index is -0.497. The molecule has 0 aliphatic carbocycles. The molecule has 1 N–H and O–H groups in total. The fourth-order valence-electron chi connectivity index (χ4n) is 1.96. The van der Waals surface area contributed by atoms with Gasteiger partial charge < -0.3 is 9.84 Å². The van der Waals surface area contributed by atoms with Crippen LogP contribution in [0.2, 0.25) is 0 Å². The first-order valence-corrected chi connectivity index (χ1v) is 6.15. The van der Waals surface area contributed by atoms with Crippen molar-refractivity contribution >= 4 is 11.7 Å². The Morgan fingerprint density at radius 3 is 2.48 bits per heavy atom. The van der Waals surface area contributed by atoms with Crippen molar-refractivity contribution in [1.29, 1.82) is 0 Å². The number of phenols is 1. The standard InChI is InChI=1S/C15H13NO5/c1-21-15(18)9-10-2-7-13(14(8-10)16(19)20)11-3-5-12(17)6-4-11/h2-8,17H,9H2,1H3. The van der Waals surface area contributed by atoms with Crippen LogP contribution in [0.3, 0.4) is 0 Å². The smallest absolute Gasteiger partial charge is 0.309 e. The number of methoxy groups -OCH3 is 1. The number of benzene rings is 2. The monoisotopic (exact) mass is 287 g/mol. The first-order chi connectivity index (χ1) is 10.0. The third-order valence-electron chi connectivity index (χ3n) is 3.01. The minimum absolute atomic E-state index is 0.0206. The maximum atomic E-state index is 11.2. The number of nitrogens with zero attached hydrogens (tertiary/aromatic N) is 1. The van der Waals surface area contributed by atoms with Crippen LogP contribution in [0.4, 0.5) is 5.69 Å². The second-order valence-corrected chi connectivity index (χ2v) is 4.41. The van der Waals surface area contributed by atoms with E-state index in [1.807, 2.05) is 0 Å². The molecule has 0 aromatic heterocycles. The number of carbonyl (C=O) groups excluding carboxylic acids is 1. The van der Waals surface area contributed by atoms with E-state index in [0.717, 1.165) is 0 Å². The molecule has 2 aromatic carbocycles. The predicted molar refractivity (Wildman–Crippen MR) is 75.9 cm³/mol. The van der Waals surface area contributed by atoms with Gasteiger partial charge in [-0.3, -0.25) is 14.9 Å². The lowest BCUT2D eigenvalue weighted by molar-refractivity contribution is -0.384. The Labute approximate surface area is 120 Å². The molecule has 0 bridgehead atoms. The molecule has 0 spiro atoms. The zero-order chi connectivity index (χ0) is 15.4. The highest BCUT2D eigenvalue weighted by molar-refractivity contribution is 5.77. The van der Waals surface area contributed by atoms with E-state index < -0.39 is 10.9 Å². The molecular weight excluding hydrogens is 274 g/mol. The third-order valence-corrected chi connectivity index (χ3v) is 3.01. The molecule has 0 radical (unpaired) electrons. The van der Waals surface area contributed by atoms with E-state index in [2.05, 4.69) is 4.74 Å². The van der Waals surface area contributed by atoms with Gasteiger partial charge in [0.2, 0.25) is 0 Å². The molecule has 0 unspecified atom stereocenters. The van der Waals surface area contributed by atoms with E-state index in [-0.39, 0.29) is 17.9 Å². The average Bonchev–Trinajstić information content (AvgIpc) is 2.48. The van der Waals surface area contributed by atoms with Crippen LogP contribution in [0.1, 0.15) is 5.56 Å². The van der Waals surface area contributed by atoms with E-state index >= 15 is 0 Å². The van der Waals surface area contributed by atoms with Crippen LogP contribution < -0.4 is 0 Å². The summed E-state index contributed by atoms with van der Waals surface area (Å²) in [4.78, 5) is 21.9. The van der Waals surface area contributed by atoms with Crippen molar-refractivity contribution in [2.24, 2.45) is 0 Å². The van der Waals surface area contributed by atoms with E-state index in [1.54, 1.807) is 24.3 Å². The minimum Gasteiger partial charge on any atom is -0.508 e. The van der Waals surface area contributed by atoms with E-state index in [0.29, 0.717) is 16.7 Å². The SMILES string of the molecule is COC(=O)Cc1ccc(-c2ccc(O)cc2)c([N+](=O)[O-])c1. The van der Waals surface area contributed by atoms with Crippen LogP contribution in [-0.2, 0) is 16.0 Å². The lowest BCUT2D eigenvalue weighted by Gasteiger charge is -2.06. The van der Waals surface area contributed by atoms with Gasteiger partial charge in [-0.25, -0.2) is 0 Å². The van der Waals surface area contributed by atoms with Crippen LogP contribution in [0, 0.1) is 10.1 Å². The van der Waals surface area contributed by atoms with Crippen LogP contribution in [0.25, 0.3) is 11.1 Å². The van der Waals surface area contributed by atoms with Crippen molar-refractivity contribution in [3.05, 3.63) is 58.1 Å². The number of aromatic hydroxyl groups is 1. The topological polar surface area (TPSA) is 89.7 Å². The number of ether oxygens (including phenoxy) is 1. The van der Waals surface area contributed by atoms with Gasteiger partial charge in [-0.1, -0.05) is 18.2 Å². The Morgan fingerprint density at radius 2 is 1.90 bits per heavy atom. The molecule has 108 valence electrons. The van der Waals surface area contributed by atoms with Crippen molar-refractivity contribution in [3.8, 4) is 16.9 Å². The molecule has 0 heterocycles. The lowest BCUT2D eigenvalue weighted by atomic mass is 10.0. The summed E-state index contributed by atoms with van der Waals surface area (Å²) in [6.45, 7) is 0. The highest BCUT2D eigenvalue weighted by Crippen LogP contribution is 2.31. The number of rotatable bonds is 4. The van der Waals surface area contributed by atoms with Gasteiger partial charge in [0.15, 0.2) is 0 Å². The molecule has 0 saturated heterocycles. The van der Waals surface area contributed by atoms with Crippen molar-refractivity contribution in [2.45, 2.75) is 6.42 Å². The van der Waals surface area contributed by atoms with Crippen molar-refractivity contribution in [3.63, 3.8) is 0 Å². The van der Waals surface area contributed by atoms with E-state index in [1.165, 1.54) is 25.3 Å². The van der Waals surface area contributed by atoms with Gasteiger partial charge in [0, 0.05) is 6.07 Å². The Morgan fingerprint density at radius 1 is 1.24 bits per heavy atom. The Hall–Kier alpha value is -2.89. The zero-order valence-electron chi connectivity index (χ0n) is 11.3. The molecule has 0 saturated carbocycles. The van der Waals surface area contributed by atoms with Crippen molar-refractivity contribution < 1.29 is 19.6 Å². The van der Waals surface area contributed by atoms with Crippen LogP contribution in [-0.4, -0.2) is 23.1 Å². The first-order valence-electron chi connectivity index (χ1n) is 6.15. The molecule has 0 aliphatic heterocycles. The number of hydrogen-bond acceptors (Lipinski definition) is 5. The van der Waals surface area contributed by atoms with Crippen LogP contribution >= 0.6 is 0 Å². The van der Waals surface area contributed by atoms with Gasteiger partial charge in [-0.15, -0.1) is 0 Å². The largest absolute Gasteiger partial charge is 0.508 e. The van der Waals surface area contributed by atoms with Gasteiger partial charge in [-0.2, -0.15) is 0 Å². The summed E-state index contributed by atoms with van der Waals surface area (Å²) in [7, 11) is 1.27. The zero-order valence-corrected chi connectivity index (χ0v) is 11.3. The van der Waals surface area contributed by atoms with E-state index in [4.69, 9.17) is 0 Å². The van der Waals surface area contributed by atoms with Gasteiger partial charge in [0.1, 0.15) is 5.75 Å². The van der Waals surface area contributed by atoms with Crippen molar-refractivity contribution in [1.82, 2.24) is 0 Å². The second kappa shape index (κ2) is 6.04. The summed E-state index contributed by atoms with van der Waals surface area (Å²) in [6.07, 6.45) is -0.0206. The Bertz CT molecular complexity index is 679. The van der Waals surface area contributed by atoms with Gasteiger partial charge in [0.25, 0.3) is 5.69 Å². The van der Waals surface area contributed by atoms with E-state index in [9.17, 15) is 20.0 Å². The third kappa shape index (κ3) is 3.36. The Kier molecular flexibility index (Phi) is 4.18. The normalized spacial score (nSPS) is 10.1. The number of nitro benzene ring substituents is 1. The molecule has 6 heteroatoms. The number of nitro groups is 1. The number of hydrogen-bond donors (Lipinski definition) is 1. The number of carbonyl (C=O) groups is 1. The first kappa shape index (κ1) is 14.5. The average molecular weight is 287 g/mol. The molecular formula is C15H13NO5. The summed E-state index contributed by atoms with van der Waals surface area (Å²) in [5.74, 6) is -0.370. The van der Waals surface area contributed by atoms with Crippen LogP contribution in [0.5, 0.6) is 5.75 Å². The fourth-order valence-corrected chi connectivity index (χ4v) is 1.96. The summed E-state index contributed by atoms with van der Waals surface area (Å²) < 4.78 is 4.55.